The number of benzene rings is 2. The summed E-state index contributed by atoms with van der Waals surface area (Å²) in [4.78, 5) is 7.37. The highest BCUT2D eigenvalue weighted by Crippen LogP contribution is 2.34. The van der Waals surface area contributed by atoms with Crippen molar-refractivity contribution in [2.24, 2.45) is 0 Å². The predicted octanol–water partition coefficient (Wildman–Crippen LogP) is 3.67. The molecule has 3 aromatic rings. The van der Waals surface area contributed by atoms with Gasteiger partial charge in [-0.3, -0.25) is 14.5 Å². The smallest absolute Gasteiger partial charge is 0.162 e. The molecule has 1 aromatic heterocycles. The van der Waals surface area contributed by atoms with E-state index in [1.54, 1.807) is 14.2 Å². The molecule has 0 N–H and O–H groups in total. The van der Waals surface area contributed by atoms with Crippen LogP contribution in [-0.2, 0) is 17.8 Å². The third-order valence-electron chi connectivity index (χ3n) is 7.39. The van der Waals surface area contributed by atoms with Crippen LogP contribution in [0.4, 0.5) is 5.69 Å². The van der Waals surface area contributed by atoms with Crippen molar-refractivity contribution in [1.82, 2.24) is 19.6 Å². The Morgan fingerprint density at radius 2 is 1.64 bits per heavy atom. The number of piperazine rings is 1. The normalized spacial score (nSPS) is 17.6. The maximum atomic E-state index is 6.36. The van der Waals surface area contributed by atoms with Crippen LogP contribution in [0.25, 0.3) is 10.9 Å². The zero-order valence-corrected chi connectivity index (χ0v) is 22.3. The average molecular weight is 514 g/mol. The van der Waals surface area contributed by atoms with Crippen molar-refractivity contribution in [3.05, 3.63) is 46.6 Å². The first-order chi connectivity index (χ1) is 17.6. The number of anilines is 1. The Morgan fingerprint density at radius 1 is 0.917 bits per heavy atom. The lowest BCUT2D eigenvalue weighted by atomic mass is 10.1. The number of nitrogens with zero attached hydrogens (tertiary/aromatic N) is 5. The number of rotatable bonds is 8. The number of fused-ring (bicyclic) bond motifs is 1. The lowest BCUT2D eigenvalue weighted by molar-refractivity contribution is 0.0337. The molecule has 2 aliphatic heterocycles. The largest absolute Gasteiger partial charge is 0.493 e. The van der Waals surface area contributed by atoms with Gasteiger partial charge < -0.3 is 19.1 Å². The second kappa shape index (κ2) is 11.3. The van der Waals surface area contributed by atoms with Crippen LogP contribution in [0.15, 0.2) is 30.3 Å². The fraction of sp³-hybridized carbons (Fsp3) is 0.519. The van der Waals surface area contributed by atoms with Gasteiger partial charge in [0.05, 0.1) is 45.2 Å². The fourth-order valence-corrected chi connectivity index (χ4v) is 5.38. The van der Waals surface area contributed by atoms with Crippen molar-refractivity contribution in [2.45, 2.75) is 20.0 Å². The first-order valence-electron chi connectivity index (χ1n) is 12.7. The maximum absolute atomic E-state index is 6.36. The highest BCUT2D eigenvalue weighted by atomic mass is 35.5. The van der Waals surface area contributed by atoms with Crippen molar-refractivity contribution in [3.63, 3.8) is 0 Å². The van der Waals surface area contributed by atoms with E-state index in [0.29, 0.717) is 0 Å². The van der Waals surface area contributed by atoms with Gasteiger partial charge in [0.2, 0.25) is 0 Å². The molecule has 2 aliphatic rings. The second-order valence-electron chi connectivity index (χ2n) is 9.50. The summed E-state index contributed by atoms with van der Waals surface area (Å²) in [5.74, 6) is 1.47. The Bertz CT molecular complexity index is 1190. The van der Waals surface area contributed by atoms with Crippen LogP contribution in [-0.4, -0.2) is 92.8 Å². The summed E-state index contributed by atoms with van der Waals surface area (Å²) in [7, 11) is 3.36. The molecule has 5 rings (SSSR count). The summed E-state index contributed by atoms with van der Waals surface area (Å²) in [5, 5.41) is 7.03. The topological polar surface area (TPSA) is 55.2 Å². The molecule has 194 valence electrons. The number of hydrogen-bond donors (Lipinski definition) is 0. The summed E-state index contributed by atoms with van der Waals surface area (Å²) in [6.45, 7) is 12.1. The van der Waals surface area contributed by atoms with Crippen molar-refractivity contribution in [3.8, 4) is 11.5 Å². The summed E-state index contributed by atoms with van der Waals surface area (Å²) in [6.07, 6.45) is 0. The first kappa shape index (κ1) is 25.1. The Hall–Kier alpha value is -2.52. The van der Waals surface area contributed by atoms with Gasteiger partial charge in [-0.1, -0.05) is 17.7 Å². The molecule has 9 heteroatoms. The SMILES string of the molecule is COc1cc2c(CN3CCOCC3)nn(CCN3CCN(c4cccc(Cl)c4C)CC3)c2cc1OC. The van der Waals surface area contributed by atoms with Gasteiger partial charge in [0.25, 0.3) is 0 Å². The lowest BCUT2D eigenvalue weighted by Crippen LogP contribution is -2.47. The number of morpholine rings is 1. The Labute approximate surface area is 218 Å². The molecular formula is C27H36ClN5O3. The zero-order valence-electron chi connectivity index (χ0n) is 21.5. The van der Waals surface area contributed by atoms with Gasteiger partial charge in [0.15, 0.2) is 11.5 Å². The third kappa shape index (κ3) is 5.27. The van der Waals surface area contributed by atoms with E-state index in [1.807, 2.05) is 12.1 Å². The van der Waals surface area contributed by atoms with Crippen molar-refractivity contribution < 1.29 is 14.2 Å². The monoisotopic (exact) mass is 513 g/mol. The van der Waals surface area contributed by atoms with E-state index in [9.17, 15) is 0 Å². The van der Waals surface area contributed by atoms with Crippen molar-refractivity contribution in [2.75, 3.05) is 78.1 Å². The molecule has 0 spiro atoms. The van der Waals surface area contributed by atoms with Crippen LogP contribution < -0.4 is 14.4 Å². The van der Waals surface area contributed by atoms with E-state index in [-0.39, 0.29) is 0 Å². The van der Waals surface area contributed by atoms with E-state index in [4.69, 9.17) is 30.9 Å². The molecule has 36 heavy (non-hydrogen) atoms. The quantitative estimate of drug-likeness (QED) is 0.455. The highest BCUT2D eigenvalue weighted by molar-refractivity contribution is 6.31. The molecule has 0 radical (unpaired) electrons. The zero-order chi connectivity index (χ0) is 25.1. The molecule has 0 bridgehead atoms. The molecule has 0 saturated carbocycles. The molecule has 0 aliphatic carbocycles. The molecule has 0 unspecified atom stereocenters. The number of halogens is 1. The summed E-state index contributed by atoms with van der Waals surface area (Å²) in [5.41, 5.74) is 4.57. The average Bonchev–Trinajstić information content (AvgIpc) is 3.25. The third-order valence-corrected chi connectivity index (χ3v) is 7.80. The minimum absolute atomic E-state index is 0.731. The minimum atomic E-state index is 0.731. The molecule has 2 saturated heterocycles. The standard InChI is InChI=1S/C27H36ClN5O3/c1-20-22(28)5-4-6-24(20)32-10-7-30(8-11-32)9-12-33-25-18-27(35-3)26(34-2)17-21(25)23(29-33)19-31-13-15-36-16-14-31/h4-6,17-18H,7-16,19H2,1-3H3. The van der Waals surface area contributed by atoms with E-state index >= 15 is 0 Å². The van der Waals surface area contributed by atoms with Gasteiger partial charge >= 0.3 is 0 Å². The minimum Gasteiger partial charge on any atom is -0.493 e. The second-order valence-corrected chi connectivity index (χ2v) is 9.90. The van der Waals surface area contributed by atoms with Crippen LogP contribution in [0.1, 0.15) is 11.3 Å². The van der Waals surface area contributed by atoms with E-state index < -0.39 is 0 Å². The fourth-order valence-electron chi connectivity index (χ4n) is 5.21. The van der Waals surface area contributed by atoms with Gasteiger partial charge in [-0.25, -0.2) is 0 Å². The van der Waals surface area contributed by atoms with Crippen LogP contribution >= 0.6 is 11.6 Å². The van der Waals surface area contributed by atoms with Gasteiger partial charge in [-0.15, -0.1) is 0 Å². The Balaban J connectivity index is 1.30. The van der Waals surface area contributed by atoms with Crippen LogP contribution in [0.5, 0.6) is 11.5 Å². The molecular weight excluding hydrogens is 478 g/mol. The number of aromatic nitrogens is 2. The number of methoxy groups -OCH3 is 2. The summed E-state index contributed by atoms with van der Waals surface area (Å²) >= 11 is 6.36. The van der Waals surface area contributed by atoms with E-state index in [0.717, 1.165) is 111 Å². The van der Waals surface area contributed by atoms with Crippen LogP contribution in [0, 0.1) is 6.92 Å². The van der Waals surface area contributed by atoms with Crippen molar-refractivity contribution in [1.29, 1.82) is 0 Å². The molecule has 0 amide bonds. The Kier molecular flexibility index (Phi) is 7.86. The lowest BCUT2D eigenvalue weighted by Gasteiger charge is -2.37. The van der Waals surface area contributed by atoms with Gasteiger partial charge in [-0.05, 0) is 30.7 Å². The molecule has 8 nitrogen and oxygen atoms in total. The van der Waals surface area contributed by atoms with E-state index in [2.05, 4.69) is 44.5 Å². The molecule has 2 aromatic carbocycles. The van der Waals surface area contributed by atoms with Gasteiger partial charge in [0, 0.05) is 74.5 Å². The summed E-state index contributed by atoms with van der Waals surface area (Å²) in [6, 6.07) is 10.3. The Morgan fingerprint density at radius 3 is 2.36 bits per heavy atom. The first-order valence-corrected chi connectivity index (χ1v) is 13.1. The predicted molar refractivity (Wildman–Crippen MR) is 144 cm³/mol. The molecule has 2 fully saturated rings. The van der Waals surface area contributed by atoms with Gasteiger partial charge in [-0.2, -0.15) is 5.10 Å². The summed E-state index contributed by atoms with van der Waals surface area (Å²) < 4.78 is 18.9. The van der Waals surface area contributed by atoms with E-state index in [1.165, 1.54) is 5.69 Å². The number of ether oxygens (including phenoxy) is 3. The molecule has 0 atom stereocenters. The molecule has 3 heterocycles. The van der Waals surface area contributed by atoms with Crippen molar-refractivity contribution >= 4 is 28.2 Å². The van der Waals surface area contributed by atoms with Crippen LogP contribution in [0.2, 0.25) is 5.02 Å². The van der Waals surface area contributed by atoms with Crippen LogP contribution in [0.3, 0.4) is 0 Å². The van der Waals surface area contributed by atoms with Gasteiger partial charge in [0.1, 0.15) is 0 Å². The highest BCUT2D eigenvalue weighted by Gasteiger charge is 2.22. The number of hydrogen-bond acceptors (Lipinski definition) is 7. The maximum Gasteiger partial charge on any atom is 0.162 e.